The summed E-state index contributed by atoms with van der Waals surface area (Å²) in [6.45, 7) is 0.434. The zero-order valence-corrected chi connectivity index (χ0v) is 11.4. The van der Waals surface area contributed by atoms with E-state index < -0.39 is 5.92 Å². The number of hydrogen-bond donors (Lipinski definition) is 1. The summed E-state index contributed by atoms with van der Waals surface area (Å²) >= 11 is 0. The van der Waals surface area contributed by atoms with Gasteiger partial charge in [-0.25, -0.2) is 0 Å². The molecule has 0 radical (unpaired) electrons. The van der Waals surface area contributed by atoms with Crippen molar-refractivity contribution in [1.82, 2.24) is 4.98 Å². The second kappa shape index (κ2) is 5.93. The summed E-state index contributed by atoms with van der Waals surface area (Å²) in [7, 11) is 0. The van der Waals surface area contributed by atoms with E-state index >= 15 is 0 Å². The maximum Gasteiger partial charge on any atom is 0.175 e. The van der Waals surface area contributed by atoms with Gasteiger partial charge in [0.15, 0.2) is 5.78 Å². The molecule has 2 aromatic rings. The number of rotatable bonds is 4. The molecule has 0 saturated heterocycles. The number of pyridine rings is 1. The number of aliphatic hydroxyl groups is 1. The van der Waals surface area contributed by atoms with Crippen LogP contribution in [-0.2, 0) is 6.61 Å². The normalized spacial score (nSPS) is 17.0. The fraction of sp³-hybridized carbons (Fsp3) is 0.250. The molecule has 1 aromatic heterocycles. The van der Waals surface area contributed by atoms with Crippen LogP contribution in [0.5, 0.6) is 11.5 Å². The zero-order valence-electron chi connectivity index (χ0n) is 11.4. The van der Waals surface area contributed by atoms with Crippen molar-refractivity contribution >= 4 is 5.78 Å². The zero-order chi connectivity index (χ0) is 14.7. The van der Waals surface area contributed by atoms with Crippen LogP contribution in [0, 0.1) is 5.92 Å². The van der Waals surface area contributed by atoms with E-state index in [9.17, 15) is 4.79 Å². The molecule has 0 aliphatic carbocycles. The van der Waals surface area contributed by atoms with E-state index in [4.69, 9.17) is 14.6 Å². The van der Waals surface area contributed by atoms with Crippen molar-refractivity contribution in [2.24, 2.45) is 5.92 Å². The summed E-state index contributed by atoms with van der Waals surface area (Å²) in [5, 5.41) is 9.12. The van der Waals surface area contributed by atoms with Gasteiger partial charge in [0.2, 0.25) is 0 Å². The van der Waals surface area contributed by atoms with Crippen molar-refractivity contribution in [2.45, 2.75) is 6.61 Å². The lowest BCUT2D eigenvalue weighted by Crippen LogP contribution is -2.30. The first kappa shape index (κ1) is 13.6. The first-order valence-electron chi connectivity index (χ1n) is 6.71. The first-order valence-corrected chi connectivity index (χ1v) is 6.71. The Labute approximate surface area is 122 Å². The van der Waals surface area contributed by atoms with E-state index in [0.29, 0.717) is 23.7 Å². The van der Waals surface area contributed by atoms with Gasteiger partial charge in [0.05, 0.1) is 18.1 Å². The fourth-order valence-electron chi connectivity index (χ4n) is 2.18. The summed E-state index contributed by atoms with van der Waals surface area (Å²) in [4.78, 5) is 16.0. The highest BCUT2D eigenvalue weighted by molar-refractivity contribution is 6.01. The molecule has 1 atom stereocenters. The Hall–Kier alpha value is -2.40. The highest BCUT2D eigenvalue weighted by Crippen LogP contribution is 2.31. The Balaban J connectivity index is 1.73. The van der Waals surface area contributed by atoms with E-state index in [1.54, 1.807) is 30.6 Å². The summed E-state index contributed by atoms with van der Waals surface area (Å²) in [6, 6.07) is 8.89. The molecule has 1 aromatic carbocycles. The Morgan fingerprint density at radius 1 is 1.29 bits per heavy atom. The molecular formula is C16H15NO4. The minimum absolute atomic E-state index is 0.0839. The lowest BCUT2D eigenvalue weighted by atomic mass is 9.96. The second-order valence-corrected chi connectivity index (χ2v) is 4.86. The number of carbonyl (C=O) groups is 1. The Morgan fingerprint density at radius 3 is 2.86 bits per heavy atom. The molecule has 0 saturated carbocycles. The smallest absolute Gasteiger partial charge is 0.175 e. The molecule has 1 aliphatic rings. The number of aliphatic hydroxyl groups excluding tert-OH is 1. The highest BCUT2D eigenvalue weighted by atomic mass is 16.5. The average molecular weight is 285 g/mol. The van der Waals surface area contributed by atoms with Crippen molar-refractivity contribution in [1.29, 1.82) is 0 Å². The molecule has 0 bridgehead atoms. The third kappa shape index (κ3) is 2.87. The number of ether oxygens (including phenoxy) is 2. The molecule has 3 rings (SSSR count). The van der Waals surface area contributed by atoms with Crippen LogP contribution in [0.25, 0.3) is 0 Å². The molecule has 0 spiro atoms. The van der Waals surface area contributed by atoms with Crippen LogP contribution >= 0.6 is 0 Å². The number of ketones is 1. The standard InChI is InChI=1S/C16H15NO4/c18-8-12-10-21-15-7-13(1-2-14(15)16(12)19)20-9-11-3-5-17-6-4-11/h1-7,12,18H,8-10H2. The van der Waals surface area contributed by atoms with Crippen LogP contribution in [0.1, 0.15) is 15.9 Å². The Morgan fingerprint density at radius 2 is 2.10 bits per heavy atom. The van der Waals surface area contributed by atoms with Gasteiger partial charge < -0.3 is 14.6 Å². The Bertz CT molecular complexity index is 642. The molecule has 5 nitrogen and oxygen atoms in total. The van der Waals surface area contributed by atoms with Crippen LogP contribution in [-0.4, -0.2) is 29.1 Å². The minimum atomic E-state index is -0.471. The predicted molar refractivity (Wildman–Crippen MR) is 75.4 cm³/mol. The summed E-state index contributed by atoms with van der Waals surface area (Å²) < 4.78 is 11.2. The number of hydrogen-bond acceptors (Lipinski definition) is 5. The largest absolute Gasteiger partial charge is 0.492 e. The molecule has 5 heteroatoms. The monoisotopic (exact) mass is 285 g/mol. The van der Waals surface area contributed by atoms with Gasteiger partial charge in [-0.05, 0) is 29.8 Å². The number of aromatic nitrogens is 1. The van der Waals surface area contributed by atoms with Gasteiger partial charge in [-0.2, -0.15) is 0 Å². The van der Waals surface area contributed by atoms with Crippen LogP contribution in [0.15, 0.2) is 42.7 Å². The van der Waals surface area contributed by atoms with Crippen LogP contribution in [0.2, 0.25) is 0 Å². The molecule has 2 heterocycles. The van der Waals surface area contributed by atoms with Crippen molar-refractivity contribution < 1.29 is 19.4 Å². The van der Waals surface area contributed by atoms with E-state index in [1.807, 2.05) is 12.1 Å². The SMILES string of the molecule is O=C1c2ccc(OCc3ccncc3)cc2OCC1CO. The predicted octanol–water partition coefficient (Wildman–Crippen LogP) is 1.84. The van der Waals surface area contributed by atoms with Gasteiger partial charge in [-0.3, -0.25) is 9.78 Å². The summed E-state index contributed by atoms with van der Waals surface area (Å²) in [6.07, 6.45) is 3.42. The summed E-state index contributed by atoms with van der Waals surface area (Å²) in [5.74, 6) is 0.596. The van der Waals surface area contributed by atoms with Gasteiger partial charge >= 0.3 is 0 Å². The van der Waals surface area contributed by atoms with Crippen molar-refractivity contribution in [3.63, 3.8) is 0 Å². The highest BCUT2D eigenvalue weighted by Gasteiger charge is 2.28. The average Bonchev–Trinajstić information content (AvgIpc) is 2.54. The van der Waals surface area contributed by atoms with Gasteiger partial charge in [0.1, 0.15) is 24.7 Å². The van der Waals surface area contributed by atoms with Gasteiger partial charge in [0.25, 0.3) is 0 Å². The number of fused-ring (bicyclic) bond motifs is 1. The minimum Gasteiger partial charge on any atom is -0.492 e. The number of nitrogens with zero attached hydrogens (tertiary/aromatic N) is 1. The lowest BCUT2D eigenvalue weighted by molar-refractivity contribution is 0.0737. The molecule has 21 heavy (non-hydrogen) atoms. The first-order chi connectivity index (χ1) is 10.3. The lowest BCUT2D eigenvalue weighted by Gasteiger charge is -2.23. The third-order valence-corrected chi connectivity index (χ3v) is 3.40. The van der Waals surface area contributed by atoms with Crippen LogP contribution in [0.4, 0.5) is 0 Å². The quantitative estimate of drug-likeness (QED) is 0.928. The molecule has 1 unspecified atom stereocenters. The molecule has 1 aliphatic heterocycles. The molecular weight excluding hydrogens is 270 g/mol. The van der Waals surface area contributed by atoms with Gasteiger partial charge in [0, 0.05) is 18.5 Å². The maximum absolute atomic E-state index is 12.1. The Kier molecular flexibility index (Phi) is 3.83. The van der Waals surface area contributed by atoms with E-state index in [0.717, 1.165) is 5.56 Å². The van der Waals surface area contributed by atoms with Crippen molar-refractivity contribution in [3.8, 4) is 11.5 Å². The van der Waals surface area contributed by atoms with Gasteiger partial charge in [-0.15, -0.1) is 0 Å². The number of carbonyl (C=O) groups excluding carboxylic acids is 1. The van der Waals surface area contributed by atoms with Crippen LogP contribution in [0.3, 0.4) is 0 Å². The second-order valence-electron chi connectivity index (χ2n) is 4.86. The van der Waals surface area contributed by atoms with E-state index in [1.165, 1.54) is 0 Å². The van der Waals surface area contributed by atoms with Crippen molar-refractivity contribution in [2.75, 3.05) is 13.2 Å². The molecule has 1 N–H and O–H groups in total. The fourth-order valence-corrected chi connectivity index (χ4v) is 2.18. The molecule has 0 fully saturated rings. The number of benzene rings is 1. The van der Waals surface area contributed by atoms with Crippen molar-refractivity contribution in [3.05, 3.63) is 53.9 Å². The maximum atomic E-state index is 12.1. The topological polar surface area (TPSA) is 68.7 Å². The summed E-state index contributed by atoms with van der Waals surface area (Å²) in [5.41, 5.74) is 1.51. The molecule has 0 amide bonds. The van der Waals surface area contributed by atoms with Crippen LogP contribution < -0.4 is 9.47 Å². The third-order valence-electron chi connectivity index (χ3n) is 3.40. The van der Waals surface area contributed by atoms with Gasteiger partial charge in [-0.1, -0.05) is 0 Å². The van der Waals surface area contributed by atoms with E-state index in [-0.39, 0.29) is 19.0 Å². The molecule has 108 valence electrons. The van der Waals surface area contributed by atoms with E-state index in [2.05, 4.69) is 4.98 Å². The number of Topliss-reactive ketones (excluding diaryl/α,β-unsaturated/α-hetero) is 1.